The summed E-state index contributed by atoms with van der Waals surface area (Å²) < 4.78 is 12.9. The number of rotatable bonds is 0. The van der Waals surface area contributed by atoms with Gasteiger partial charge in [-0.25, -0.2) is 9.69 Å². The number of nitrogens with one attached hydrogen (secondary N) is 1. The molecule has 3 atom stereocenters. The third kappa shape index (κ3) is 2.14. The van der Waals surface area contributed by atoms with Crippen LogP contribution in [0.1, 0.15) is 24.8 Å². The molecule has 1 amide bonds. The van der Waals surface area contributed by atoms with Crippen molar-refractivity contribution in [2.75, 3.05) is 20.3 Å². The number of nitrogens with zero attached hydrogens (tertiary/aromatic N) is 1. The van der Waals surface area contributed by atoms with Crippen LogP contribution in [-0.4, -0.2) is 37.7 Å². The number of hydrogen-bond donors (Lipinski definition) is 2. The molecule has 4 rings (SSSR count). The molecule has 3 aliphatic rings. The van der Waals surface area contributed by atoms with Gasteiger partial charge in [-0.05, 0) is 31.0 Å². The van der Waals surface area contributed by atoms with Crippen molar-refractivity contribution in [1.29, 1.82) is 0 Å². The molecular formula is C16H19BrN3O3+. The quantitative estimate of drug-likeness (QED) is 0.680. The number of benzene rings is 1. The fourth-order valence-corrected chi connectivity index (χ4v) is 4.22. The SMILES string of the molecule is C[NH+]1C(=O)C2(CC3(CCCOC3)Oc3ccc(Br)cc32)N=C1N. The van der Waals surface area contributed by atoms with Gasteiger partial charge in [-0.1, -0.05) is 15.9 Å². The summed E-state index contributed by atoms with van der Waals surface area (Å²) in [7, 11) is 1.74. The van der Waals surface area contributed by atoms with Gasteiger partial charge in [0, 0.05) is 23.1 Å². The Morgan fingerprint density at radius 2 is 2.26 bits per heavy atom. The van der Waals surface area contributed by atoms with Crippen molar-refractivity contribution in [3.63, 3.8) is 0 Å². The van der Waals surface area contributed by atoms with Crippen molar-refractivity contribution >= 4 is 27.8 Å². The summed E-state index contributed by atoms with van der Waals surface area (Å²) in [4.78, 5) is 18.2. The number of carbonyl (C=O) groups is 1. The van der Waals surface area contributed by atoms with Gasteiger partial charge in [0.15, 0.2) is 0 Å². The molecule has 1 saturated heterocycles. The topological polar surface area (TPSA) is 78.3 Å². The van der Waals surface area contributed by atoms with E-state index in [4.69, 9.17) is 15.2 Å². The van der Waals surface area contributed by atoms with Crippen LogP contribution in [0.4, 0.5) is 0 Å². The Kier molecular flexibility index (Phi) is 3.30. The highest BCUT2D eigenvalue weighted by molar-refractivity contribution is 9.10. The highest BCUT2D eigenvalue weighted by Crippen LogP contribution is 2.49. The lowest BCUT2D eigenvalue weighted by atomic mass is 9.74. The zero-order valence-corrected chi connectivity index (χ0v) is 14.5. The molecule has 3 aliphatic heterocycles. The second-order valence-corrected chi connectivity index (χ2v) is 7.49. The molecule has 0 bridgehead atoms. The van der Waals surface area contributed by atoms with Crippen LogP contribution in [-0.2, 0) is 15.1 Å². The van der Waals surface area contributed by atoms with Crippen LogP contribution in [0.25, 0.3) is 0 Å². The van der Waals surface area contributed by atoms with Crippen LogP contribution in [0.2, 0.25) is 0 Å². The Labute approximate surface area is 142 Å². The van der Waals surface area contributed by atoms with Crippen molar-refractivity contribution in [3.05, 3.63) is 28.2 Å². The Morgan fingerprint density at radius 1 is 1.43 bits per heavy atom. The normalized spacial score (nSPS) is 36.0. The van der Waals surface area contributed by atoms with Gasteiger partial charge < -0.3 is 15.2 Å². The minimum atomic E-state index is -0.980. The number of ether oxygens (including phenoxy) is 2. The summed E-state index contributed by atoms with van der Waals surface area (Å²) in [6.07, 6.45) is 2.24. The van der Waals surface area contributed by atoms with Crippen molar-refractivity contribution in [1.82, 2.24) is 0 Å². The molecule has 23 heavy (non-hydrogen) atoms. The fourth-order valence-electron chi connectivity index (χ4n) is 3.86. The number of carbonyl (C=O) groups excluding carboxylic acids is 1. The van der Waals surface area contributed by atoms with E-state index in [1.54, 1.807) is 7.05 Å². The maximum Gasteiger partial charge on any atom is 0.352 e. The molecule has 3 N–H and O–H groups in total. The van der Waals surface area contributed by atoms with Crippen LogP contribution in [0.5, 0.6) is 5.75 Å². The number of aliphatic imine (C=N–C) groups is 1. The van der Waals surface area contributed by atoms with Gasteiger partial charge in [0.05, 0.1) is 13.7 Å². The predicted molar refractivity (Wildman–Crippen MR) is 87.4 cm³/mol. The zero-order valence-electron chi connectivity index (χ0n) is 12.9. The van der Waals surface area contributed by atoms with E-state index >= 15 is 0 Å². The molecule has 2 spiro atoms. The van der Waals surface area contributed by atoms with Crippen molar-refractivity contribution in [2.45, 2.75) is 30.4 Å². The van der Waals surface area contributed by atoms with E-state index in [-0.39, 0.29) is 5.91 Å². The molecule has 7 heteroatoms. The van der Waals surface area contributed by atoms with E-state index in [2.05, 4.69) is 20.9 Å². The first-order valence-electron chi connectivity index (χ1n) is 7.77. The van der Waals surface area contributed by atoms with E-state index in [0.717, 1.165) is 29.5 Å². The number of nitrogens with two attached hydrogens (primary N) is 1. The first-order valence-corrected chi connectivity index (χ1v) is 8.56. The first-order chi connectivity index (χ1) is 11.0. The first kappa shape index (κ1) is 15.1. The lowest BCUT2D eigenvalue weighted by Crippen LogP contribution is -3.15. The summed E-state index contributed by atoms with van der Waals surface area (Å²) in [5.74, 6) is 1.00. The van der Waals surface area contributed by atoms with E-state index in [1.807, 2.05) is 18.2 Å². The fraction of sp³-hybridized carbons (Fsp3) is 0.500. The standard InChI is InChI=1S/C16H18BrN3O3/c1-20-13(21)16(19-14(20)18)8-15(5-2-6-22-9-15)23-12-4-3-10(17)7-11(12)16/h3-4,7H,2,5-6,8-9H2,1H3,(H2,18,19)/p+1. The molecule has 3 heterocycles. The number of guanidine groups is 1. The Hall–Kier alpha value is -1.44. The molecule has 122 valence electrons. The number of likely N-dealkylation sites (N-methyl/N-ethyl adjacent to an activating group) is 1. The summed E-state index contributed by atoms with van der Waals surface area (Å²) >= 11 is 3.48. The van der Waals surface area contributed by atoms with Gasteiger partial charge in [0.2, 0.25) is 5.54 Å². The monoisotopic (exact) mass is 380 g/mol. The zero-order chi connectivity index (χ0) is 16.2. The van der Waals surface area contributed by atoms with E-state index in [1.165, 1.54) is 0 Å². The molecule has 1 fully saturated rings. The number of hydrogen-bond acceptors (Lipinski definition) is 5. The summed E-state index contributed by atoms with van der Waals surface area (Å²) in [6, 6.07) is 5.72. The lowest BCUT2D eigenvalue weighted by molar-refractivity contribution is -0.694. The van der Waals surface area contributed by atoms with Crippen LogP contribution < -0.4 is 15.4 Å². The third-order valence-electron chi connectivity index (χ3n) is 4.99. The van der Waals surface area contributed by atoms with Gasteiger partial charge in [0.1, 0.15) is 11.4 Å². The van der Waals surface area contributed by atoms with Gasteiger partial charge in [-0.3, -0.25) is 0 Å². The smallest absolute Gasteiger partial charge is 0.352 e. The van der Waals surface area contributed by atoms with Gasteiger partial charge >= 0.3 is 11.9 Å². The maximum absolute atomic E-state index is 13.0. The minimum absolute atomic E-state index is 0.0254. The lowest BCUT2D eigenvalue weighted by Gasteiger charge is -2.45. The maximum atomic E-state index is 13.0. The second kappa shape index (κ2) is 5.03. The van der Waals surface area contributed by atoms with Gasteiger partial charge in [0.25, 0.3) is 0 Å². The molecule has 0 aromatic heterocycles. The van der Waals surface area contributed by atoms with E-state index in [9.17, 15) is 4.79 Å². The molecule has 0 saturated carbocycles. The molecule has 6 nitrogen and oxygen atoms in total. The highest BCUT2D eigenvalue weighted by atomic mass is 79.9. The van der Waals surface area contributed by atoms with Gasteiger partial charge in [-0.15, -0.1) is 0 Å². The number of halogens is 1. The molecule has 3 unspecified atom stereocenters. The highest BCUT2D eigenvalue weighted by Gasteiger charge is 2.61. The molecule has 0 radical (unpaired) electrons. The van der Waals surface area contributed by atoms with Crippen LogP contribution >= 0.6 is 15.9 Å². The van der Waals surface area contributed by atoms with E-state index < -0.39 is 11.1 Å². The number of amides is 1. The average Bonchev–Trinajstić information content (AvgIpc) is 2.74. The number of quaternary nitrogens is 1. The Balaban J connectivity index is 1.91. The van der Waals surface area contributed by atoms with Crippen molar-refractivity contribution in [3.8, 4) is 5.75 Å². The van der Waals surface area contributed by atoms with Crippen LogP contribution in [0.15, 0.2) is 27.7 Å². The second-order valence-electron chi connectivity index (χ2n) is 6.57. The number of fused-ring (bicyclic) bond motifs is 2. The van der Waals surface area contributed by atoms with Crippen LogP contribution in [0.3, 0.4) is 0 Å². The summed E-state index contributed by atoms with van der Waals surface area (Å²) in [5, 5.41) is 0. The van der Waals surface area contributed by atoms with Crippen molar-refractivity contribution < 1.29 is 19.2 Å². The molecular weight excluding hydrogens is 362 g/mol. The average molecular weight is 381 g/mol. The minimum Gasteiger partial charge on any atom is -0.484 e. The van der Waals surface area contributed by atoms with Gasteiger partial charge in [-0.2, -0.15) is 4.99 Å². The van der Waals surface area contributed by atoms with Crippen molar-refractivity contribution in [2.24, 2.45) is 10.7 Å². The predicted octanol–water partition coefficient (Wildman–Crippen LogP) is 0.346. The summed E-state index contributed by atoms with van der Waals surface area (Å²) in [6.45, 7) is 1.21. The molecule has 1 aromatic carbocycles. The Bertz CT molecular complexity index is 715. The molecule has 0 aliphatic carbocycles. The summed E-state index contributed by atoms with van der Waals surface area (Å²) in [5.41, 5.74) is 5.29. The Morgan fingerprint density at radius 3 is 2.91 bits per heavy atom. The van der Waals surface area contributed by atoms with Crippen LogP contribution in [0, 0.1) is 0 Å². The van der Waals surface area contributed by atoms with E-state index in [0.29, 0.717) is 29.6 Å². The largest absolute Gasteiger partial charge is 0.484 e. The third-order valence-corrected chi connectivity index (χ3v) is 5.48. The molecule has 1 aromatic rings.